The van der Waals surface area contributed by atoms with Crippen LogP contribution in [-0.2, 0) is 6.54 Å². The molecule has 0 aliphatic carbocycles. The molecule has 0 saturated carbocycles. The molecule has 124 valence electrons. The fraction of sp³-hybridized carbons (Fsp3) is 0.500. The van der Waals surface area contributed by atoms with E-state index in [2.05, 4.69) is 20.5 Å². The fourth-order valence-electron chi connectivity index (χ4n) is 2.79. The van der Waals surface area contributed by atoms with E-state index in [9.17, 15) is 0 Å². The van der Waals surface area contributed by atoms with Gasteiger partial charge in [0.05, 0.1) is 31.8 Å². The van der Waals surface area contributed by atoms with Gasteiger partial charge in [0.1, 0.15) is 11.5 Å². The molecular formula is C16H23N5O2. The number of hydrogen-bond donors (Lipinski definition) is 1. The zero-order valence-corrected chi connectivity index (χ0v) is 13.7. The number of ether oxygens (including phenoxy) is 2. The average molecular weight is 317 g/mol. The number of rotatable bonds is 5. The maximum atomic E-state index is 5.34. The van der Waals surface area contributed by atoms with Crippen LogP contribution in [0.3, 0.4) is 0 Å². The number of benzene rings is 1. The molecule has 7 heteroatoms. The standard InChI is InChI=1S/C16H23N5O2/c1-22-15-8-13(9-16(10-15)23-2)21-14(11-18-19-21)12-20-6-3-4-17-5-7-20/h8-11,17H,3-7,12H2,1-2H3. The minimum Gasteiger partial charge on any atom is -0.497 e. The molecule has 0 amide bonds. The van der Waals surface area contributed by atoms with Gasteiger partial charge in [-0.3, -0.25) is 4.90 Å². The van der Waals surface area contributed by atoms with Gasteiger partial charge >= 0.3 is 0 Å². The predicted octanol–water partition coefficient (Wildman–Crippen LogP) is 1.08. The van der Waals surface area contributed by atoms with Crippen molar-refractivity contribution in [3.05, 3.63) is 30.1 Å². The molecule has 0 bridgehead atoms. The van der Waals surface area contributed by atoms with Crippen LogP contribution in [0.2, 0.25) is 0 Å². The van der Waals surface area contributed by atoms with Crippen molar-refractivity contribution in [3.63, 3.8) is 0 Å². The van der Waals surface area contributed by atoms with Gasteiger partial charge in [-0.1, -0.05) is 5.21 Å². The lowest BCUT2D eigenvalue weighted by molar-refractivity contribution is 0.278. The molecule has 0 atom stereocenters. The topological polar surface area (TPSA) is 64.4 Å². The van der Waals surface area contributed by atoms with Crippen molar-refractivity contribution >= 4 is 0 Å². The first kappa shape index (κ1) is 15.8. The summed E-state index contributed by atoms with van der Waals surface area (Å²) >= 11 is 0. The first-order chi connectivity index (χ1) is 11.3. The molecule has 1 aliphatic heterocycles. The Labute approximate surface area is 136 Å². The minimum absolute atomic E-state index is 0.736. The van der Waals surface area contributed by atoms with E-state index in [4.69, 9.17) is 9.47 Å². The van der Waals surface area contributed by atoms with Gasteiger partial charge in [0, 0.05) is 37.8 Å². The molecule has 2 heterocycles. The van der Waals surface area contributed by atoms with Crippen molar-refractivity contribution < 1.29 is 9.47 Å². The average Bonchev–Trinajstić information content (AvgIpc) is 2.89. The van der Waals surface area contributed by atoms with E-state index >= 15 is 0 Å². The summed E-state index contributed by atoms with van der Waals surface area (Å²) in [5.74, 6) is 1.47. The summed E-state index contributed by atoms with van der Waals surface area (Å²) in [7, 11) is 3.29. The molecule has 1 fully saturated rings. The molecule has 1 saturated heterocycles. The van der Waals surface area contributed by atoms with Crippen molar-refractivity contribution in [1.82, 2.24) is 25.2 Å². The Morgan fingerprint density at radius 2 is 1.87 bits per heavy atom. The Morgan fingerprint density at radius 3 is 2.61 bits per heavy atom. The molecule has 0 unspecified atom stereocenters. The third-order valence-corrected chi connectivity index (χ3v) is 4.02. The third-order valence-electron chi connectivity index (χ3n) is 4.02. The van der Waals surface area contributed by atoms with Gasteiger partial charge in [0.15, 0.2) is 0 Å². The number of nitrogens with zero attached hydrogens (tertiary/aromatic N) is 4. The molecule has 0 spiro atoms. The Bertz CT molecular complexity index is 613. The third kappa shape index (κ3) is 3.80. The molecule has 0 radical (unpaired) electrons. The van der Waals surface area contributed by atoms with Gasteiger partial charge in [-0.05, 0) is 19.5 Å². The summed E-state index contributed by atoms with van der Waals surface area (Å²) < 4.78 is 12.5. The van der Waals surface area contributed by atoms with Crippen LogP contribution in [0.15, 0.2) is 24.4 Å². The van der Waals surface area contributed by atoms with Crippen molar-refractivity contribution in [1.29, 1.82) is 0 Å². The lowest BCUT2D eigenvalue weighted by Gasteiger charge is -2.19. The lowest BCUT2D eigenvalue weighted by Crippen LogP contribution is -2.28. The largest absolute Gasteiger partial charge is 0.497 e. The van der Waals surface area contributed by atoms with E-state index < -0.39 is 0 Å². The second-order valence-corrected chi connectivity index (χ2v) is 5.59. The van der Waals surface area contributed by atoms with Crippen LogP contribution in [0.25, 0.3) is 5.69 Å². The number of nitrogens with one attached hydrogen (secondary N) is 1. The van der Waals surface area contributed by atoms with Crippen LogP contribution in [0, 0.1) is 0 Å². The van der Waals surface area contributed by atoms with Crippen LogP contribution in [0.4, 0.5) is 0 Å². The molecular weight excluding hydrogens is 294 g/mol. The van der Waals surface area contributed by atoms with Gasteiger partial charge < -0.3 is 14.8 Å². The first-order valence-corrected chi connectivity index (χ1v) is 7.86. The first-order valence-electron chi connectivity index (χ1n) is 7.86. The Morgan fingerprint density at radius 1 is 1.09 bits per heavy atom. The summed E-state index contributed by atoms with van der Waals surface area (Å²) in [5, 5.41) is 11.7. The highest BCUT2D eigenvalue weighted by Crippen LogP contribution is 2.25. The maximum Gasteiger partial charge on any atom is 0.124 e. The van der Waals surface area contributed by atoms with E-state index in [-0.39, 0.29) is 0 Å². The summed E-state index contributed by atoms with van der Waals surface area (Å²) in [6, 6.07) is 5.72. The fourth-order valence-corrected chi connectivity index (χ4v) is 2.79. The van der Waals surface area contributed by atoms with Gasteiger partial charge in [0.2, 0.25) is 0 Å². The van der Waals surface area contributed by atoms with Gasteiger partial charge in [-0.25, -0.2) is 4.68 Å². The van der Waals surface area contributed by atoms with Gasteiger partial charge in [-0.15, -0.1) is 5.10 Å². The molecule has 23 heavy (non-hydrogen) atoms. The van der Waals surface area contributed by atoms with E-state index in [0.717, 1.165) is 62.0 Å². The van der Waals surface area contributed by atoms with E-state index in [0.29, 0.717) is 0 Å². The zero-order valence-electron chi connectivity index (χ0n) is 13.7. The van der Waals surface area contributed by atoms with Crippen molar-refractivity contribution in [2.75, 3.05) is 40.4 Å². The number of hydrogen-bond acceptors (Lipinski definition) is 6. The van der Waals surface area contributed by atoms with Crippen LogP contribution in [0.5, 0.6) is 11.5 Å². The molecule has 7 nitrogen and oxygen atoms in total. The van der Waals surface area contributed by atoms with Gasteiger partial charge in [-0.2, -0.15) is 0 Å². The Hall–Kier alpha value is -2.12. The quantitative estimate of drug-likeness (QED) is 0.890. The van der Waals surface area contributed by atoms with Crippen molar-refractivity contribution in [3.8, 4) is 17.2 Å². The minimum atomic E-state index is 0.736. The smallest absolute Gasteiger partial charge is 0.124 e. The van der Waals surface area contributed by atoms with E-state index in [1.54, 1.807) is 14.2 Å². The second-order valence-electron chi connectivity index (χ2n) is 5.59. The SMILES string of the molecule is COc1cc(OC)cc(-n2nncc2CN2CCCNCC2)c1. The molecule has 1 aliphatic rings. The lowest BCUT2D eigenvalue weighted by atomic mass is 10.2. The highest BCUT2D eigenvalue weighted by molar-refractivity contribution is 5.46. The predicted molar refractivity (Wildman–Crippen MR) is 87.2 cm³/mol. The Balaban J connectivity index is 1.85. The van der Waals surface area contributed by atoms with Crippen LogP contribution < -0.4 is 14.8 Å². The Kier molecular flexibility index (Phi) is 5.09. The summed E-state index contributed by atoms with van der Waals surface area (Å²) in [5.41, 5.74) is 1.95. The van der Waals surface area contributed by atoms with Crippen LogP contribution in [-0.4, -0.2) is 60.3 Å². The van der Waals surface area contributed by atoms with Crippen LogP contribution in [0.1, 0.15) is 12.1 Å². The molecule has 2 aromatic rings. The van der Waals surface area contributed by atoms with Crippen LogP contribution >= 0.6 is 0 Å². The maximum absolute atomic E-state index is 5.34. The van der Waals surface area contributed by atoms with Gasteiger partial charge in [0.25, 0.3) is 0 Å². The summed E-state index contributed by atoms with van der Waals surface area (Å²) in [6.45, 7) is 5.05. The van der Waals surface area contributed by atoms with Crippen molar-refractivity contribution in [2.45, 2.75) is 13.0 Å². The van der Waals surface area contributed by atoms with Crippen molar-refractivity contribution in [2.24, 2.45) is 0 Å². The molecule has 1 aromatic heterocycles. The zero-order chi connectivity index (χ0) is 16.1. The molecule has 1 aromatic carbocycles. The summed E-state index contributed by atoms with van der Waals surface area (Å²) in [4.78, 5) is 2.42. The molecule has 3 rings (SSSR count). The van der Waals surface area contributed by atoms with E-state index in [1.165, 1.54) is 0 Å². The van der Waals surface area contributed by atoms with E-state index in [1.807, 2.05) is 29.1 Å². The summed E-state index contributed by atoms with van der Waals surface area (Å²) in [6.07, 6.45) is 2.98. The normalized spacial score (nSPS) is 16.1. The number of methoxy groups -OCH3 is 2. The highest BCUT2D eigenvalue weighted by atomic mass is 16.5. The molecule has 1 N–H and O–H groups in total. The number of aromatic nitrogens is 3. The second kappa shape index (κ2) is 7.43. The highest BCUT2D eigenvalue weighted by Gasteiger charge is 2.14. The monoisotopic (exact) mass is 317 g/mol.